The van der Waals surface area contributed by atoms with Crippen LogP contribution in [0.15, 0.2) is 24.3 Å². The van der Waals surface area contributed by atoms with Gasteiger partial charge in [-0.05, 0) is 35.2 Å². The van der Waals surface area contributed by atoms with E-state index in [0.29, 0.717) is 11.2 Å². The molecule has 1 heterocycles. The van der Waals surface area contributed by atoms with Gasteiger partial charge in [-0.15, -0.1) is 10.2 Å². The summed E-state index contributed by atoms with van der Waals surface area (Å²) in [5, 5.41) is 8.60. The van der Waals surface area contributed by atoms with E-state index in [9.17, 15) is 0 Å². The summed E-state index contributed by atoms with van der Waals surface area (Å²) in [5.74, 6) is 1.39. The fourth-order valence-electron chi connectivity index (χ4n) is 1.99. The van der Waals surface area contributed by atoms with E-state index in [1.807, 2.05) is 4.57 Å². The molecule has 0 atom stereocenters. The highest BCUT2D eigenvalue weighted by Gasteiger charge is 2.24. The molecule has 0 N–H and O–H groups in total. The van der Waals surface area contributed by atoms with Crippen LogP contribution in [-0.2, 0) is 5.41 Å². The molecule has 0 aliphatic carbocycles. The molecule has 0 aliphatic heterocycles. The average molecular weight is 278 g/mol. The maximum atomic E-state index is 6.18. The van der Waals surface area contributed by atoms with Crippen LogP contribution in [0.4, 0.5) is 0 Å². The fraction of sp³-hybridized carbons (Fsp3) is 0.467. The second-order valence-electron chi connectivity index (χ2n) is 6.12. The van der Waals surface area contributed by atoms with Crippen LogP contribution in [0.2, 0.25) is 5.28 Å². The summed E-state index contributed by atoms with van der Waals surface area (Å²) in [7, 11) is 0. The number of hydrogen-bond donors (Lipinski definition) is 0. The predicted molar refractivity (Wildman–Crippen MR) is 79.2 cm³/mol. The summed E-state index contributed by atoms with van der Waals surface area (Å²) in [5.41, 5.74) is 2.21. The minimum absolute atomic E-state index is 0.100. The molecule has 0 unspecified atom stereocenters. The van der Waals surface area contributed by atoms with E-state index in [-0.39, 0.29) is 5.41 Å². The highest BCUT2D eigenvalue weighted by Crippen LogP contribution is 2.27. The molecule has 2 rings (SSSR count). The molecule has 1 aromatic carbocycles. The molecule has 0 radical (unpaired) electrons. The summed E-state index contributed by atoms with van der Waals surface area (Å²) < 4.78 is 1.91. The predicted octanol–water partition coefficient (Wildman–Crippen LogP) is 4.34. The number of benzene rings is 1. The van der Waals surface area contributed by atoms with Gasteiger partial charge in [-0.3, -0.25) is 4.57 Å². The largest absolute Gasteiger partial charge is 0.269 e. The molecular weight excluding hydrogens is 258 g/mol. The molecule has 0 fully saturated rings. The SMILES string of the molecule is CC(C)c1ccc(-n2c(Cl)nnc2C(C)(C)C)cc1. The molecule has 2 aromatic rings. The lowest BCUT2D eigenvalue weighted by Crippen LogP contribution is -2.18. The molecule has 1 aromatic heterocycles. The smallest absolute Gasteiger partial charge is 0.229 e. The molecule has 3 nitrogen and oxygen atoms in total. The van der Waals surface area contributed by atoms with Gasteiger partial charge in [-0.2, -0.15) is 0 Å². The van der Waals surface area contributed by atoms with Crippen molar-refractivity contribution in [1.29, 1.82) is 0 Å². The van der Waals surface area contributed by atoms with Gasteiger partial charge in [0, 0.05) is 11.1 Å². The van der Waals surface area contributed by atoms with Crippen molar-refractivity contribution in [2.45, 2.75) is 46.0 Å². The number of nitrogens with zero attached hydrogens (tertiary/aromatic N) is 3. The van der Waals surface area contributed by atoms with Crippen LogP contribution in [0.3, 0.4) is 0 Å². The van der Waals surface area contributed by atoms with E-state index < -0.39 is 0 Å². The van der Waals surface area contributed by atoms with Gasteiger partial charge in [0.1, 0.15) is 5.82 Å². The Morgan fingerprint density at radius 3 is 2.11 bits per heavy atom. The first-order chi connectivity index (χ1) is 8.80. The molecule has 102 valence electrons. The van der Waals surface area contributed by atoms with Gasteiger partial charge in [0.25, 0.3) is 0 Å². The lowest BCUT2D eigenvalue weighted by Gasteiger charge is -2.19. The number of hydrogen-bond acceptors (Lipinski definition) is 2. The van der Waals surface area contributed by atoms with Crippen molar-refractivity contribution in [2.75, 3.05) is 0 Å². The first kappa shape index (κ1) is 14.1. The van der Waals surface area contributed by atoms with Gasteiger partial charge in [-0.1, -0.05) is 46.8 Å². The Morgan fingerprint density at radius 1 is 1.05 bits per heavy atom. The Morgan fingerprint density at radius 2 is 1.63 bits per heavy atom. The Balaban J connectivity index is 2.50. The number of halogens is 1. The van der Waals surface area contributed by atoms with Gasteiger partial charge in [-0.25, -0.2) is 0 Å². The Hall–Kier alpha value is -1.35. The van der Waals surface area contributed by atoms with E-state index in [4.69, 9.17) is 11.6 Å². The molecule has 19 heavy (non-hydrogen) atoms. The van der Waals surface area contributed by atoms with Crippen molar-refractivity contribution >= 4 is 11.6 Å². The van der Waals surface area contributed by atoms with Crippen molar-refractivity contribution in [3.8, 4) is 5.69 Å². The highest BCUT2D eigenvalue weighted by atomic mass is 35.5. The summed E-state index contributed by atoms with van der Waals surface area (Å²) in [6, 6.07) is 8.39. The van der Waals surface area contributed by atoms with Crippen molar-refractivity contribution in [3.05, 3.63) is 40.9 Å². The monoisotopic (exact) mass is 277 g/mol. The van der Waals surface area contributed by atoms with Crippen LogP contribution in [0.5, 0.6) is 0 Å². The second-order valence-corrected chi connectivity index (χ2v) is 6.46. The first-order valence-electron chi connectivity index (χ1n) is 6.52. The lowest BCUT2D eigenvalue weighted by molar-refractivity contribution is 0.533. The quantitative estimate of drug-likeness (QED) is 0.817. The Kier molecular flexibility index (Phi) is 3.68. The van der Waals surface area contributed by atoms with Crippen LogP contribution in [0.25, 0.3) is 5.69 Å². The van der Waals surface area contributed by atoms with Crippen molar-refractivity contribution < 1.29 is 0 Å². The summed E-state index contributed by atoms with van der Waals surface area (Å²) in [6.45, 7) is 10.7. The molecule has 0 bridgehead atoms. The van der Waals surface area contributed by atoms with Crippen molar-refractivity contribution in [2.24, 2.45) is 0 Å². The van der Waals surface area contributed by atoms with E-state index in [1.165, 1.54) is 5.56 Å². The molecular formula is C15H20ClN3. The van der Waals surface area contributed by atoms with E-state index in [1.54, 1.807) is 0 Å². The van der Waals surface area contributed by atoms with Gasteiger partial charge in [0.2, 0.25) is 5.28 Å². The minimum atomic E-state index is -0.100. The van der Waals surface area contributed by atoms with Gasteiger partial charge >= 0.3 is 0 Å². The highest BCUT2D eigenvalue weighted by molar-refractivity contribution is 6.28. The summed E-state index contributed by atoms with van der Waals surface area (Å²) >= 11 is 6.18. The van der Waals surface area contributed by atoms with Gasteiger partial charge in [0.15, 0.2) is 0 Å². The Labute approximate surface area is 119 Å². The summed E-state index contributed by atoms with van der Waals surface area (Å²) in [4.78, 5) is 0. The number of rotatable bonds is 2. The number of aromatic nitrogens is 3. The zero-order chi connectivity index (χ0) is 14.2. The molecule has 0 saturated heterocycles. The fourth-order valence-corrected chi connectivity index (χ4v) is 2.20. The van der Waals surface area contributed by atoms with Gasteiger partial charge in [0.05, 0.1) is 0 Å². The third-order valence-corrected chi connectivity index (χ3v) is 3.36. The van der Waals surface area contributed by atoms with E-state index >= 15 is 0 Å². The minimum Gasteiger partial charge on any atom is -0.269 e. The van der Waals surface area contributed by atoms with Gasteiger partial charge < -0.3 is 0 Å². The molecule has 4 heteroatoms. The standard InChI is InChI=1S/C15H20ClN3/c1-10(2)11-6-8-12(9-7-11)19-13(15(3,4)5)17-18-14(19)16/h6-10H,1-5H3. The molecule has 0 amide bonds. The Bertz CT molecular complexity index is 562. The maximum absolute atomic E-state index is 6.18. The summed E-state index contributed by atoms with van der Waals surface area (Å²) in [6.07, 6.45) is 0. The topological polar surface area (TPSA) is 30.7 Å². The maximum Gasteiger partial charge on any atom is 0.229 e. The first-order valence-corrected chi connectivity index (χ1v) is 6.90. The van der Waals surface area contributed by atoms with E-state index in [2.05, 4.69) is 69.1 Å². The van der Waals surface area contributed by atoms with Crippen LogP contribution in [0, 0.1) is 0 Å². The van der Waals surface area contributed by atoms with Crippen LogP contribution < -0.4 is 0 Å². The van der Waals surface area contributed by atoms with Crippen molar-refractivity contribution in [1.82, 2.24) is 14.8 Å². The van der Waals surface area contributed by atoms with Crippen LogP contribution in [0.1, 0.15) is 51.9 Å². The normalized spacial score (nSPS) is 12.2. The third-order valence-electron chi connectivity index (χ3n) is 3.11. The lowest BCUT2D eigenvalue weighted by atomic mass is 9.95. The van der Waals surface area contributed by atoms with Crippen LogP contribution in [-0.4, -0.2) is 14.8 Å². The second kappa shape index (κ2) is 4.97. The molecule has 0 spiro atoms. The van der Waals surface area contributed by atoms with Crippen molar-refractivity contribution in [3.63, 3.8) is 0 Å². The third kappa shape index (κ3) is 2.81. The molecule has 0 aliphatic rings. The van der Waals surface area contributed by atoms with E-state index in [0.717, 1.165) is 11.5 Å². The zero-order valence-electron chi connectivity index (χ0n) is 12.1. The molecule has 0 saturated carbocycles. The zero-order valence-corrected chi connectivity index (χ0v) is 12.9. The average Bonchev–Trinajstić information content (AvgIpc) is 2.71. The van der Waals surface area contributed by atoms with Crippen LogP contribution >= 0.6 is 11.6 Å².